The number of fused-ring (bicyclic) bond motifs is 1. The molecule has 1 aliphatic rings. The fourth-order valence-electron chi connectivity index (χ4n) is 2.30. The van der Waals surface area contributed by atoms with Crippen LogP contribution in [0.4, 0.5) is 0 Å². The maximum absolute atomic E-state index is 12.1. The lowest BCUT2D eigenvalue weighted by Gasteiger charge is -2.05. The van der Waals surface area contributed by atoms with Gasteiger partial charge in [-0.05, 0) is 42.8 Å². The molecule has 0 spiro atoms. The van der Waals surface area contributed by atoms with Crippen LogP contribution < -0.4 is 20.7 Å². The lowest BCUT2D eigenvalue weighted by atomic mass is 10.1. The van der Waals surface area contributed by atoms with Crippen molar-refractivity contribution in [2.75, 3.05) is 6.61 Å². The fraction of sp³-hybridized carbons (Fsp3) is 0.150. The first-order valence-corrected chi connectivity index (χ1v) is 8.23. The van der Waals surface area contributed by atoms with Gasteiger partial charge < -0.3 is 4.74 Å². The molecule has 1 aliphatic heterocycles. The zero-order valence-electron chi connectivity index (χ0n) is 14.2. The molecule has 2 aromatic carbocycles. The van der Waals surface area contributed by atoms with Gasteiger partial charge in [-0.1, -0.05) is 25.1 Å². The third kappa shape index (κ3) is 4.12. The van der Waals surface area contributed by atoms with Gasteiger partial charge in [0.2, 0.25) is 0 Å². The minimum absolute atomic E-state index is 0.187. The van der Waals surface area contributed by atoms with Gasteiger partial charge in [0.05, 0.1) is 12.0 Å². The predicted octanol–water partition coefficient (Wildman–Crippen LogP) is 1.36. The highest BCUT2D eigenvalue weighted by atomic mass is 16.5. The summed E-state index contributed by atoms with van der Waals surface area (Å²) in [5.74, 6) is 2.40. The van der Waals surface area contributed by atoms with Crippen molar-refractivity contribution in [3.63, 3.8) is 0 Å². The topological polar surface area (TPSA) is 80.1 Å². The van der Waals surface area contributed by atoms with E-state index in [0.717, 1.165) is 11.6 Å². The first kappa shape index (κ1) is 17.3. The van der Waals surface area contributed by atoms with Crippen LogP contribution in [0.2, 0.25) is 0 Å². The van der Waals surface area contributed by atoms with Crippen LogP contribution in [0.25, 0.3) is 6.08 Å². The Labute approximate surface area is 150 Å². The lowest BCUT2D eigenvalue weighted by Crippen LogP contribution is -2.30. The van der Waals surface area contributed by atoms with Gasteiger partial charge in [0, 0.05) is 16.7 Å². The average molecular weight is 347 g/mol. The zero-order chi connectivity index (χ0) is 18.4. The van der Waals surface area contributed by atoms with E-state index < -0.39 is 11.8 Å². The Balaban J connectivity index is 1.72. The van der Waals surface area contributed by atoms with E-state index in [1.165, 1.54) is 0 Å². The Kier molecular flexibility index (Phi) is 5.37. The minimum Gasteiger partial charge on any atom is -0.494 e. The summed E-state index contributed by atoms with van der Waals surface area (Å²) >= 11 is 0. The van der Waals surface area contributed by atoms with Gasteiger partial charge in [-0.15, -0.1) is 5.10 Å². The van der Waals surface area contributed by atoms with Crippen molar-refractivity contribution >= 4 is 23.8 Å². The van der Waals surface area contributed by atoms with Crippen LogP contribution in [0.15, 0.2) is 64.2 Å². The molecular formula is C20H17N3O3. The summed E-state index contributed by atoms with van der Waals surface area (Å²) in [7, 11) is 0. The van der Waals surface area contributed by atoms with Crippen LogP contribution >= 0.6 is 0 Å². The van der Waals surface area contributed by atoms with Crippen molar-refractivity contribution in [1.29, 1.82) is 0 Å². The first-order valence-electron chi connectivity index (χ1n) is 8.23. The Bertz CT molecular complexity index is 1020. The highest BCUT2D eigenvalue weighted by molar-refractivity contribution is 6.10. The third-order valence-corrected chi connectivity index (χ3v) is 3.61. The second-order valence-corrected chi connectivity index (χ2v) is 5.57. The van der Waals surface area contributed by atoms with E-state index in [2.05, 4.69) is 21.4 Å². The molecule has 0 bridgehead atoms. The van der Waals surface area contributed by atoms with Gasteiger partial charge in [0.15, 0.2) is 0 Å². The predicted molar refractivity (Wildman–Crippen MR) is 97.3 cm³/mol. The molecule has 2 aromatic rings. The second kappa shape index (κ2) is 8.05. The number of carbonyl (C=O) groups excluding carboxylic acids is 2. The summed E-state index contributed by atoms with van der Waals surface area (Å²) in [4.78, 5) is 28.0. The molecule has 0 saturated carbocycles. The van der Waals surface area contributed by atoms with Crippen molar-refractivity contribution in [2.45, 2.75) is 13.3 Å². The number of nitrogens with one attached hydrogen (secondary N) is 1. The Hall–Kier alpha value is -3.50. The van der Waals surface area contributed by atoms with Crippen molar-refractivity contribution in [3.8, 4) is 5.75 Å². The highest BCUT2D eigenvalue weighted by Gasteiger charge is 2.10. The van der Waals surface area contributed by atoms with Gasteiger partial charge in [-0.3, -0.25) is 9.59 Å². The number of para-hydroxylation sites is 1. The summed E-state index contributed by atoms with van der Waals surface area (Å²) < 4.78 is 5.47. The van der Waals surface area contributed by atoms with E-state index in [1.807, 2.05) is 25.1 Å². The second-order valence-electron chi connectivity index (χ2n) is 5.57. The van der Waals surface area contributed by atoms with Crippen LogP contribution in [0, 0.1) is 0 Å². The molecule has 0 atom stereocenters. The average Bonchev–Trinajstić information content (AvgIpc) is 2.67. The molecule has 6 heteroatoms. The standard InChI is InChI=1S/C20H17N3O3/c1-2-11-26-17-9-7-14(8-10-17)20(25)23-21-13-16-12-15-5-3-4-6-18(15)22-19(16)24/h3-10,12H,2,11H2,1H3,(H,23,25). The first-order chi connectivity index (χ1) is 12.7. The zero-order valence-corrected chi connectivity index (χ0v) is 14.2. The third-order valence-electron chi connectivity index (χ3n) is 3.61. The lowest BCUT2D eigenvalue weighted by molar-refractivity contribution is -0.114. The number of hydrogen-bond acceptors (Lipinski definition) is 4. The number of ether oxygens (including phenoxy) is 1. The molecule has 26 heavy (non-hydrogen) atoms. The largest absolute Gasteiger partial charge is 0.494 e. The normalized spacial score (nSPS) is 12.2. The number of nitrogens with zero attached hydrogens (tertiary/aromatic N) is 2. The Morgan fingerprint density at radius 1 is 1.19 bits per heavy atom. The summed E-state index contributed by atoms with van der Waals surface area (Å²) in [6, 6.07) is 14.0. The number of rotatable bonds is 5. The van der Waals surface area contributed by atoms with Gasteiger partial charge in [0.25, 0.3) is 11.8 Å². The van der Waals surface area contributed by atoms with Crippen molar-refractivity contribution in [1.82, 2.24) is 5.43 Å². The molecule has 0 aliphatic carbocycles. The fourth-order valence-corrected chi connectivity index (χ4v) is 2.30. The molecule has 3 rings (SSSR count). The quantitative estimate of drug-likeness (QED) is 0.504. The number of amides is 2. The molecule has 0 saturated heterocycles. The van der Waals surface area contributed by atoms with Crippen LogP contribution in [-0.2, 0) is 4.79 Å². The van der Waals surface area contributed by atoms with E-state index in [0.29, 0.717) is 23.3 Å². The summed E-state index contributed by atoms with van der Waals surface area (Å²) in [5.41, 5.74) is 2.97. The van der Waals surface area contributed by atoms with Gasteiger partial charge in [-0.25, -0.2) is 10.4 Å². The van der Waals surface area contributed by atoms with E-state index >= 15 is 0 Å². The number of carbonyl (C=O) groups is 2. The molecular weight excluding hydrogens is 330 g/mol. The smallest absolute Gasteiger partial charge is 0.287 e. The minimum atomic E-state index is -0.445. The van der Waals surface area contributed by atoms with E-state index in [1.54, 1.807) is 36.4 Å². The van der Waals surface area contributed by atoms with Crippen molar-refractivity contribution in [3.05, 3.63) is 70.2 Å². The maximum atomic E-state index is 12.1. The van der Waals surface area contributed by atoms with Crippen molar-refractivity contribution in [2.24, 2.45) is 10.1 Å². The van der Waals surface area contributed by atoms with E-state index in [4.69, 9.17) is 4.74 Å². The van der Waals surface area contributed by atoms with Gasteiger partial charge >= 0.3 is 0 Å². The SMILES string of the molecule is CCCOc1ccc(C(=O)NN=C=C2C=c3ccccc3=NC2=O)cc1. The molecule has 1 N–H and O–H groups in total. The molecule has 2 amide bonds. The Morgan fingerprint density at radius 2 is 1.96 bits per heavy atom. The van der Waals surface area contributed by atoms with Crippen LogP contribution in [0.5, 0.6) is 5.75 Å². The maximum Gasteiger partial charge on any atom is 0.287 e. The molecule has 0 unspecified atom stereocenters. The van der Waals surface area contributed by atoms with Gasteiger partial charge in [-0.2, -0.15) is 0 Å². The molecule has 0 radical (unpaired) electrons. The summed E-state index contributed by atoms with van der Waals surface area (Å²) in [6.45, 7) is 2.65. The van der Waals surface area contributed by atoms with Crippen molar-refractivity contribution < 1.29 is 14.3 Å². The monoisotopic (exact) mass is 347 g/mol. The van der Waals surface area contributed by atoms with E-state index in [9.17, 15) is 9.59 Å². The van der Waals surface area contributed by atoms with Crippen LogP contribution in [0.3, 0.4) is 0 Å². The number of benzene rings is 2. The number of hydrogen-bond donors (Lipinski definition) is 1. The van der Waals surface area contributed by atoms with Crippen LogP contribution in [-0.4, -0.2) is 24.3 Å². The number of hydrazone groups is 1. The molecule has 130 valence electrons. The van der Waals surface area contributed by atoms with Crippen LogP contribution in [0.1, 0.15) is 23.7 Å². The summed E-state index contributed by atoms with van der Waals surface area (Å²) in [5, 5.41) is 5.15. The highest BCUT2D eigenvalue weighted by Crippen LogP contribution is 2.12. The summed E-state index contributed by atoms with van der Waals surface area (Å²) in [6.07, 6.45) is 2.55. The molecule has 6 nitrogen and oxygen atoms in total. The molecule has 1 heterocycles. The van der Waals surface area contributed by atoms with Gasteiger partial charge in [0.1, 0.15) is 11.3 Å². The Morgan fingerprint density at radius 3 is 2.73 bits per heavy atom. The molecule has 0 aromatic heterocycles. The van der Waals surface area contributed by atoms with E-state index in [-0.39, 0.29) is 5.57 Å². The molecule has 0 fully saturated rings.